The Balaban J connectivity index is 1.36. The number of para-hydroxylation sites is 4. The highest BCUT2D eigenvalue weighted by Crippen LogP contribution is 2.19. The summed E-state index contributed by atoms with van der Waals surface area (Å²) in [6, 6.07) is 18.6. The van der Waals surface area contributed by atoms with E-state index < -0.39 is 9.84 Å². The van der Waals surface area contributed by atoms with Gasteiger partial charge in [0.05, 0.1) is 34.0 Å². The van der Waals surface area contributed by atoms with Crippen LogP contribution in [-0.2, 0) is 26.9 Å². The van der Waals surface area contributed by atoms with Gasteiger partial charge in [0, 0.05) is 6.26 Å². The van der Waals surface area contributed by atoms with Crippen LogP contribution in [0, 0.1) is 0 Å². The third-order valence-electron chi connectivity index (χ3n) is 5.16. The first kappa shape index (κ1) is 20.8. The van der Waals surface area contributed by atoms with E-state index in [0.717, 1.165) is 17.3 Å². The topological polar surface area (TPSA) is 112 Å². The molecule has 0 saturated carbocycles. The number of rotatable bonds is 6. The number of carbonyl (C=O) groups is 1. The second kappa shape index (κ2) is 8.14. The van der Waals surface area contributed by atoms with Crippen LogP contribution in [0.15, 0.2) is 73.2 Å². The summed E-state index contributed by atoms with van der Waals surface area (Å²) >= 11 is 0. The summed E-state index contributed by atoms with van der Waals surface area (Å²) in [7, 11) is -3.32. The number of fused-ring (bicyclic) bond motifs is 2. The van der Waals surface area contributed by atoms with E-state index in [0.29, 0.717) is 28.4 Å². The first-order valence-corrected chi connectivity index (χ1v) is 12.2. The molecule has 166 valence electrons. The van der Waals surface area contributed by atoms with E-state index in [2.05, 4.69) is 20.3 Å². The highest BCUT2D eigenvalue weighted by Gasteiger charge is 2.17. The summed E-state index contributed by atoms with van der Waals surface area (Å²) in [6.07, 6.45) is 4.43. The zero-order valence-electron chi connectivity index (χ0n) is 17.7. The smallest absolute Gasteiger partial charge is 0.244 e. The van der Waals surface area contributed by atoms with Crippen molar-refractivity contribution in [2.45, 2.75) is 12.3 Å². The molecule has 0 radical (unpaired) electrons. The molecule has 9 nitrogen and oxygen atoms in total. The summed E-state index contributed by atoms with van der Waals surface area (Å²) in [5.41, 5.74) is 3.68. The number of imidazole rings is 2. The van der Waals surface area contributed by atoms with E-state index in [-0.39, 0.29) is 18.2 Å². The lowest BCUT2D eigenvalue weighted by molar-refractivity contribution is -0.116. The van der Waals surface area contributed by atoms with Gasteiger partial charge in [0.2, 0.25) is 5.91 Å². The molecule has 2 aromatic carbocycles. The van der Waals surface area contributed by atoms with Crippen molar-refractivity contribution in [2.75, 3.05) is 11.6 Å². The van der Waals surface area contributed by atoms with Crippen LogP contribution in [0.5, 0.6) is 0 Å². The highest BCUT2D eigenvalue weighted by atomic mass is 32.2. The summed E-state index contributed by atoms with van der Waals surface area (Å²) in [5, 5.41) is 2.82. The molecule has 5 aromatic rings. The molecule has 10 heteroatoms. The number of hydrogen-bond donors (Lipinski definition) is 1. The number of nitrogens with one attached hydrogen (secondary N) is 1. The number of amides is 1. The number of nitrogens with zero attached hydrogens (tertiary/aromatic N) is 5. The van der Waals surface area contributed by atoms with Crippen molar-refractivity contribution in [1.82, 2.24) is 24.1 Å². The summed E-state index contributed by atoms with van der Waals surface area (Å²) in [6.45, 7) is -0.0702. The third kappa shape index (κ3) is 4.33. The fourth-order valence-corrected chi connectivity index (χ4v) is 4.42. The predicted octanol–water partition coefficient (Wildman–Crippen LogP) is 2.95. The minimum atomic E-state index is -3.32. The Hall–Kier alpha value is -4.05. The second-order valence-electron chi connectivity index (χ2n) is 7.73. The SMILES string of the molecule is CS(=O)(=O)Cc1nc2ccccc2n1CC(=O)Nc1ccc(-n2cnc3ccccc32)nc1. The molecule has 0 unspecified atom stereocenters. The van der Waals surface area contributed by atoms with E-state index in [1.54, 1.807) is 35.3 Å². The Morgan fingerprint density at radius 1 is 0.939 bits per heavy atom. The molecule has 0 aliphatic carbocycles. The summed E-state index contributed by atoms with van der Waals surface area (Å²) < 4.78 is 27.2. The van der Waals surface area contributed by atoms with Crippen molar-refractivity contribution in [2.24, 2.45) is 0 Å². The Bertz CT molecular complexity index is 1590. The second-order valence-corrected chi connectivity index (χ2v) is 9.87. The molecule has 0 aliphatic rings. The molecule has 1 amide bonds. The largest absolute Gasteiger partial charge is 0.323 e. The van der Waals surface area contributed by atoms with Crippen molar-refractivity contribution in [1.29, 1.82) is 0 Å². The van der Waals surface area contributed by atoms with Gasteiger partial charge in [0.15, 0.2) is 9.84 Å². The molecule has 0 bridgehead atoms. The summed E-state index contributed by atoms with van der Waals surface area (Å²) in [4.78, 5) is 26.0. The van der Waals surface area contributed by atoms with E-state index in [1.165, 1.54) is 0 Å². The predicted molar refractivity (Wildman–Crippen MR) is 126 cm³/mol. The van der Waals surface area contributed by atoms with E-state index in [4.69, 9.17) is 0 Å². The van der Waals surface area contributed by atoms with Gasteiger partial charge in [-0.05, 0) is 36.4 Å². The summed E-state index contributed by atoms with van der Waals surface area (Å²) in [5.74, 6) is 0.451. The van der Waals surface area contributed by atoms with Gasteiger partial charge in [-0.3, -0.25) is 9.36 Å². The van der Waals surface area contributed by atoms with Crippen molar-refractivity contribution >= 4 is 43.5 Å². The fraction of sp³-hybridized carbons (Fsp3) is 0.130. The van der Waals surface area contributed by atoms with Gasteiger partial charge in [0.25, 0.3) is 0 Å². The average molecular weight is 461 g/mol. The zero-order valence-corrected chi connectivity index (χ0v) is 18.5. The van der Waals surface area contributed by atoms with E-state index in [9.17, 15) is 13.2 Å². The lowest BCUT2D eigenvalue weighted by Crippen LogP contribution is -2.21. The molecule has 0 aliphatic heterocycles. The fourth-order valence-electron chi connectivity index (χ4n) is 3.73. The Morgan fingerprint density at radius 3 is 2.39 bits per heavy atom. The Morgan fingerprint density at radius 2 is 1.67 bits per heavy atom. The highest BCUT2D eigenvalue weighted by molar-refractivity contribution is 7.89. The van der Waals surface area contributed by atoms with Gasteiger partial charge in [-0.2, -0.15) is 0 Å². The van der Waals surface area contributed by atoms with Crippen molar-refractivity contribution in [3.63, 3.8) is 0 Å². The van der Waals surface area contributed by atoms with Gasteiger partial charge in [-0.25, -0.2) is 23.4 Å². The normalized spacial score (nSPS) is 11.8. The minimum absolute atomic E-state index is 0.0702. The molecular weight excluding hydrogens is 440 g/mol. The van der Waals surface area contributed by atoms with Gasteiger partial charge in [0.1, 0.15) is 30.3 Å². The van der Waals surface area contributed by atoms with Crippen LogP contribution in [0.1, 0.15) is 5.82 Å². The quantitative estimate of drug-likeness (QED) is 0.417. The Kier molecular flexibility index (Phi) is 5.14. The molecule has 0 saturated heterocycles. The van der Waals surface area contributed by atoms with Crippen LogP contribution < -0.4 is 5.32 Å². The van der Waals surface area contributed by atoms with Crippen LogP contribution >= 0.6 is 0 Å². The van der Waals surface area contributed by atoms with Crippen molar-refractivity contribution < 1.29 is 13.2 Å². The van der Waals surface area contributed by atoms with Gasteiger partial charge >= 0.3 is 0 Å². The number of benzene rings is 2. The number of pyridine rings is 1. The molecule has 0 fully saturated rings. The van der Waals surface area contributed by atoms with E-state index >= 15 is 0 Å². The molecule has 33 heavy (non-hydrogen) atoms. The Labute approximate surface area is 189 Å². The molecule has 0 atom stereocenters. The monoisotopic (exact) mass is 460 g/mol. The standard InChI is InChI=1S/C23H20N6O3S/c1-33(31,32)14-22-27-18-7-3-5-9-20(18)28(22)13-23(30)26-16-10-11-21(24-12-16)29-15-25-17-6-2-4-8-19(17)29/h2-12,15H,13-14H2,1H3,(H,26,30). The van der Waals surface area contributed by atoms with Crippen LogP contribution in [0.2, 0.25) is 0 Å². The third-order valence-corrected chi connectivity index (χ3v) is 5.94. The molecule has 1 N–H and O–H groups in total. The maximum absolute atomic E-state index is 12.8. The van der Waals surface area contributed by atoms with E-state index in [1.807, 2.05) is 47.0 Å². The molecule has 0 spiro atoms. The van der Waals surface area contributed by atoms with Crippen molar-refractivity contribution in [3.05, 3.63) is 79.0 Å². The first-order chi connectivity index (χ1) is 15.9. The molecule has 3 heterocycles. The number of sulfone groups is 1. The van der Waals surface area contributed by atoms with Crippen LogP contribution in [0.25, 0.3) is 27.9 Å². The zero-order chi connectivity index (χ0) is 23.0. The number of aromatic nitrogens is 5. The van der Waals surface area contributed by atoms with Gasteiger partial charge in [-0.1, -0.05) is 24.3 Å². The molecule has 3 aromatic heterocycles. The lowest BCUT2D eigenvalue weighted by atomic mass is 10.3. The molecular formula is C23H20N6O3S. The average Bonchev–Trinajstić information content (AvgIpc) is 3.35. The maximum Gasteiger partial charge on any atom is 0.244 e. The van der Waals surface area contributed by atoms with Gasteiger partial charge in [-0.15, -0.1) is 0 Å². The number of anilines is 1. The maximum atomic E-state index is 12.8. The van der Waals surface area contributed by atoms with Crippen molar-refractivity contribution in [3.8, 4) is 5.82 Å². The lowest BCUT2D eigenvalue weighted by Gasteiger charge is -2.10. The number of hydrogen-bond acceptors (Lipinski definition) is 6. The molecule has 5 rings (SSSR count). The number of carbonyl (C=O) groups excluding carboxylic acids is 1. The first-order valence-electron chi connectivity index (χ1n) is 10.2. The van der Waals surface area contributed by atoms with Crippen LogP contribution in [0.4, 0.5) is 5.69 Å². The van der Waals surface area contributed by atoms with Gasteiger partial charge < -0.3 is 9.88 Å². The van der Waals surface area contributed by atoms with Crippen LogP contribution in [0.3, 0.4) is 0 Å². The van der Waals surface area contributed by atoms with Crippen LogP contribution in [-0.4, -0.2) is 44.7 Å². The minimum Gasteiger partial charge on any atom is -0.323 e.